The zero-order valence-electron chi connectivity index (χ0n) is 14.4. The lowest BCUT2D eigenvalue weighted by atomic mass is 10.2. The van der Waals surface area contributed by atoms with E-state index in [1.165, 1.54) is 13.2 Å². The molecule has 0 aliphatic rings. The van der Waals surface area contributed by atoms with E-state index in [1.54, 1.807) is 18.5 Å². The third kappa shape index (κ3) is 3.74. The number of ether oxygens (including phenoxy) is 1. The molecule has 25 heavy (non-hydrogen) atoms. The van der Waals surface area contributed by atoms with E-state index in [2.05, 4.69) is 20.3 Å². The average Bonchev–Trinajstić information content (AvgIpc) is 2.63. The highest BCUT2D eigenvalue weighted by Crippen LogP contribution is 2.22. The van der Waals surface area contributed by atoms with Gasteiger partial charge in [-0.1, -0.05) is 6.07 Å². The van der Waals surface area contributed by atoms with Gasteiger partial charge < -0.3 is 10.1 Å². The van der Waals surface area contributed by atoms with Gasteiger partial charge in [-0.05, 0) is 43.7 Å². The van der Waals surface area contributed by atoms with Crippen molar-refractivity contribution in [3.05, 3.63) is 65.4 Å². The van der Waals surface area contributed by atoms with E-state index in [0.717, 1.165) is 28.2 Å². The molecule has 6 heteroatoms. The highest BCUT2D eigenvalue weighted by molar-refractivity contribution is 5.58. The summed E-state index contributed by atoms with van der Waals surface area (Å²) in [4.78, 5) is 13.2. The quantitative estimate of drug-likeness (QED) is 0.764. The van der Waals surface area contributed by atoms with Crippen molar-refractivity contribution in [2.75, 3.05) is 12.4 Å². The third-order valence-corrected chi connectivity index (χ3v) is 3.99. The monoisotopic (exact) mass is 338 g/mol. The molecule has 0 atom stereocenters. The molecule has 0 bridgehead atoms. The molecule has 0 saturated carbocycles. The number of methoxy groups -OCH3 is 1. The van der Waals surface area contributed by atoms with Crippen LogP contribution >= 0.6 is 0 Å². The van der Waals surface area contributed by atoms with Gasteiger partial charge in [-0.15, -0.1) is 0 Å². The molecule has 0 spiro atoms. The molecule has 2 aromatic heterocycles. The lowest BCUT2D eigenvalue weighted by Gasteiger charge is -2.13. The minimum Gasteiger partial charge on any atom is -0.494 e. The van der Waals surface area contributed by atoms with E-state index in [4.69, 9.17) is 4.74 Å². The smallest absolute Gasteiger partial charge is 0.165 e. The van der Waals surface area contributed by atoms with Crippen molar-refractivity contribution in [2.24, 2.45) is 0 Å². The average molecular weight is 338 g/mol. The van der Waals surface area contributed by atoms with E-state index in [1.807, 2.05) is 32.0 Å². The first kappa shape index (κ1) is 16.8. The second-order valence-corrected chi connectivity index (χ2v) is 5.67. The zero-order chi connectivity index (χ0) is 17.8. The number of rotatable bonds is 5. The fraction of sp³-hybridized carbons (Fsp3) is 0.211. The Balaban J connectivity index is 1.85. The van der Waals surface area contributed by atoms with E-state index >= 15 is 0 Å². The normalized spacial score (nSPS) is 10.6. The Morgan fingerprint density at radius 2 is 2.00 bits per heavy atom. The topological polar surface area (TPSA) is 59.9 Å². The first-order valence-electron chi connectivity index (χ1n) is 7.90. The lowest BCUT2D eigenvalue weighted by molar-refractivity contribution is 0.386. The highest BCUT2D eigenvalue weighted by Gasteiger charge is 2.10. The predicted molar refractivity (Wildman–Crippen MR) is 95.0 cm³/mol. The Morgan fingerprint density at radius 3 is 2.68 bits per heavy atom. The molecule has 2 heterocycles. The van der Waals surface area contributed by atoms with Crippen LogP contribution in [0.1, 0.15) is 16.8 Å². The maximum Gasteiger partial charge on any atom is 0.165 e. The van der Waals surface area contributed by atoms with Gasteiger partial charge in [0.25, 0.3) is 0 Å². The van der Waals surface area contributed by atoms with E-state index in [9.17, 15) is 4.39 Å². The molecule has 5 nitrogen and oxygen atoms in total. The van der Waals surface area contributed by atoms with Crippen molar-refractivity contribution in [3.63, 3.8) is 0 Å². The highest BCUT2D eigenvalue weighted by atomic mass is 19.1. The summed E-state index contributed by atoms with van der Waals surface area (Å²) in [6.45, 7) is 4.35. The molecule has 3 aromatic rings. The van der Waals surface area contributed by atoms with Gasteiger partial charge in [0, 0.05) is 35.8 Å². The fourth-order valence-corrected chi connectivity index (χ4v) is 2.43. The van der Waals surface area contributed by atoms with Gasteiger partial charge >= 0.3 is 0 Å². The molecule has 3 rings (SSSR count). The van der Waals surface area contributed by atoms with Gasteiger partial charge in [-0.3, -0.25) is 4.98 Å². The summed E-state index contributed by atoms with van der Waals surface area (Å²) >= 11 is 0. The Bertz CT molecular complexity index is 884. The molecule has 128 valence electrons. The molecule has 1 aromatic carbocycles. The number of halogens is 1. The zero-order valence-corrected chi connectivity index (χ0v) is 14.4. The van der Waals surface area contributed by atoms with Crippen molar-refractivity contribution >= 4 is 5.82 Å². The number of nitrogens with zero attached hydrogens (tertiary/aromatic N) is 3. The summed E-state index contributed by atoms with van der Waals surface area (Å²) in [5.74, 6) is 1.19. The van der Waals surface area contributed by atoms with E-state index in [-0.39, 0.29) is 11.6 Å². The van der Waals surface area contributed by atoms with Crippen LogP contribution in [0.25, 0.3) is 11.4 Å². The first-order chi connectivity index (χ1) is 12.1. The standard InChI is InChI=1S/C19H19FN4O/c1-12-13(2)23-19(15-5-4-8-21-11-15)24-18(12)22-10-14-6-7-17(25-3)16(20)9-14/h4-9,11H,10H2,1-3H3,(H,22,23,24). The van der Waals surface area contributed by atoms with Crippen molar-refractivity contribution < 1.29 is 9.13 Å². The van der Waals surface area contributed by atoms with E-state index in [0.29, 0.717) is 12.4 Å². The number of pyridine rings is 1. The Labute approximate surface area is 145 Å². The van der Waals surface area contributed by atoms with Gasteiger partial charge in [-0.25, -0.2) is 14.4 Å². The van der Waals surface area contributed by atoms with Crippen molar-refractivity contribution in [2.45, 2.75) is 20.4 Å². The number of hydrogen-bond acceptors (Lipinski definition) is 5. The Morgan fingerprint density at radius 1 is 1.16 bits per heavy atom. The maximum absolute atomic E-state index is 13.8. The molecule has 0 aliphatic heterocycles. The molecule has 0 unspecified atom stereocenters. The molecule has 0 saturated heterocycles. The summed E-state index contributed by atoms with van der Waals surface area (Å²) in [5, 5.41) is 3.27. The maximum atomic E-state index is 13.8. The van der Waals surface area contributed by atoms with Crippen LogP contribution in [-0.2, 0) is 6.54 Å². The van der Waals surface area contributed by atoms with Crippen LogP contribution in [0.3, 0.4) is 0 Å². The van der Waals surface area contributed by atoms with Gasteiger partial charge in [0.05, 0.1) is 7.11 Å². The number of benzene rings is 1. The van der Waals surface area contributed by atoms with Crippen LogP contribution in [-0.4, -0.2) is 22.1 Å². The summed E-state index contributed by atoms with van der Waals surface area (Å²) in [7, 11) is 1.45. The summed E-state index contributed by atoms with van der Waals surface area (Å²) < 4.78 is 18.8. The van der Waals surface area contributed by atoms with Crippen LogP contribution in [0.4, 0.5) is 10.2 Å². The number of aromatic nitrogens is 3. The Kier molecular flexibility index (Phi) is 4.88. The number of aryl methyl sites for hydroxylation is 1. The van der Waals surface area contributed by atoms with Crippen LogP contribution in [0, 0.1) is 19.7 Å². The van der Waals surface area contributed by atoms with E-state index < -0.39 is 0 Å². The largest absolute Gasteiger partial charge is 0.494 e. The molecule has 1 N–H and O–H groups in total. The van der Waals surface area contributed by atoms with Crippen molar-refractivity contribution in [1.29, 1.82) is 0 Å². The van der Waals surface area contributed by atoms with Crippen LogP contribution in [0.2, 0.25) is 0 Å². The summed E-state index contributed by atoms with van der Waals surface area (Å²) in [6.07, 6.45) is 3.44. The third-order valence-electron chi connectivity index (χ3n) is 3.99. The molecular weight excluding hydrogens is 319 g/mol. The molecule has 0 amide bonds. The van der Waals surface area contributed by atoms with Gasteiger partial charge in [0.2, 0.25) is 0 Å². The predicted octanol–water partition coefficient (Wildman–Crippen LogP) is 3.92. The number of anilines is 1. The minimum atomic E-state index is -0.381. The second-order valence-electron chi connectivity index (χ2n) is 5.67. The SMILES string of the molecule is COc1ccc(CNc2nc(-c3cccnc3)nc(C)c2C)cc1F. The summed E-state index contributed by atoms with van der Waals surface area (Å²) in [5.41, 5.74) is 3.50. The molecular formula is C19H19FN4O. The molecule has 0 fully saturated rings. The second kappa shape index (κ2) is 7.25. The van der Waals surface area contributed by atoms with Crippen LogP contribution in [0.15, 0.2) is 42.7 Å². The minimum absolute atomic E-state index is 0.233. The van der Waals surface area contributed by atoms with Crippen LogP contribution < -0.4 is 10.1 Å². The Hall–Kier alpha value is -3.02. The summed E-state index contributed by atoms with van der Waals surface area (Å²) in [6, 6.07) is 8.66. The van der Waals surface area contributed by atoms with Crippen molar-refractivity contribution in [1.82, 2.24) is 15.0 Å². The van der Waals surface area contributed by atoms with Gasteiger partial charge in [0.1, 0.15) is 5.82 Å². The molecule has 0 radical (unpaired) electrons. The lowest BCUT2D eigenvalue weighted by Crippen LogP contribution is -2.07. The van der Waals surface area contributed by atoms with Gasteiger partial charge in [0.15, 0.2) is 17.4 Å². The number of hydrogen-bond donors (Lipinski definition) is 1. The van der Waals surface area contributed by atoms with Crippen molar-refractivity contribution in [3.8, 4) is 17.1 Å². The van der Waals surface area contributed by atoms with Crippen LogP contribution in [0.5, 0.6) is 5.75 Å². The molecule has 0 aliphatic carbocycles. The fourth-order valence-electron chi connectivity index (χ4n) is 2.43. The number of nitrogens with one attached hydrogen (secondary N) is 1. The van der Waals surface area contributed by atoms with Gasteiger partial charge in [-0.2, -0.15) is 0 Å². The first-order valence-corrected chi connectivity index (χ1v) is 7.90.